The average molecular weight is 424 g/mol. The highest BCUT2D eigenvalue weighted by molar-refractivity contribution is 7.09. The predicted molar refractivity (Wildman–Crippen MR) is 108 cm³/mol. The molecule has 0 radical (unpaired) electrons. The van der Waals surface area contributed by atoms with Crippen LogP contribution in [0, 0.1) is 11.7 Å². The minimum absolute atomic E-state index is 0.00374. The second kappa shape index (κ2) is 9.01. The normalized spacial score (nSPS) is 17.0. The van der Waals surface area contributed by atoms with Crippen LogP contribution < -0.4 is 5.32 Å². The molecule has 2 heterocycles. The number of nitrogens with one attached hydrogen (secondary N) is 1. The van der Waals surface area contributed by atoms with Crippen LogP contribution in [0.3, 0.4) is 0 Å². The lowest BCUT2D eigenvalue weighted by molar-refractivity contribution is -0.124. The number of likely N-dealkylation sites (tertiary alicyclic amines) is 1. The standard InChI is InChI=1S/C20H23ClFN3O2S/c1-12(2)18(26)23-9-15-11-28-19(24-15)13-4-3-7-25(10-13)20(27)16-8-14(22)5-6-17(16)21/h5-6,8,11-13H,3-4,7,9-10H2,1-2H3,(H,23,26). The number of thiazole rings is 1. The second-order valence-electron chi connectivity index (χ2n) is 7.26. The van der Waals surface area contributed by atoms with Gasteiger partial charge in [-0.05, 0) is 31.0 Å². The van der Waals surface area contributed by atoms with Gasteiger partial charge in [0.15, 0.2) is 0 Å². The molecule has 5 nitrogen and oxygen atoms in total. The number of halogens is 2. The fourth-order valence-electron chi connectivity index (χ4n) is 3.17. The number of aromatic nitrogens is 1. The number of benzene rings is 1. The summed E-state index contributed by atoms with van der Waals surface area (Å²) in [5, 5.41) is 6.02. The van der Waals surface area contributed by atoms with Crippen LogP contribution in [0.25, 0.3) is 0 Å². The Morgan fingerprint density at radius 1 is 1.43 bits per heavy atom. The lowest BCUT2D eigenvalue weighted by Gasteiger charge is -2.32. The molecule has 0 aliphatic carbocycles. The number of rotatable bonds is 5. The molecule has 0 saturated carbocycles. The summed E-state index contributed by atoms with van der Waals surface area (Å²) in [7, 11) is 0. The SMILES string of the molecule is CC(C)C(=O)NCc1csc(C2CCCN(C(=O)c3cc(F)ccc3Cl)C2)n1. The summed E-state index contributed by atoms with van der Waals surface area (Å²) >= 11 is 7.64. The monoisotopic (exact) mass is 423 g/mol. The van der Waals surface area contributed by atoms with Crippen molar-refractivity contribution in [1.29, 1.82) is 0 Å². The molecule has 1 aliphatic rings. The Morgan fingerprint density at radius 2 is 2.21 bits per heavy atom. The summed E-state index contributed by atoms with van der Waals surface area (Å²) in [6.07, 6.45) is 1.79. The van der Waals surface area contributed by atoms with Gasteiger partial charge in [0.05, 0.1) is 27.8 Å². The first-order valence-electron chi connectivity index (χ1n) is 9.31. The average Bonchev–Trinajstić information content (AvgIpc) is 3.16. The highest BCUT2D eigenvalue weighted by Crippen LogP contribution is 2.31. The van der Waals surface area contributed by atoms with Crippen molar-refractivity contribution in [2.75, 3.05) is 13.1 Å². The molecule has 0 bridgehead atoms. The van der Waals surface area contributed by atoms with Gasteiger partial charge in [0.2, 0.25) is 5.91 Å². The fourth-order valence-corrected chi connectivity index (χ4v) is 4.31. The number of hydrogen-bond donors (Lipinski definition) is 1. The van der Waals surface area contributed by atoms with Crippen LogP contribution in [0.2, 0.25) is 5.02 Å². The highest BCUT2D eigenvalue weighted by atomic mass is 35.5. The van der Waals surface area contributed by atoms with E-state index in [0.29, 0.717) is 19.6 Å². The van der Waals surface area contributed by atoms with E-state index in [1.807, 2.05) is 19.2 Å². The zero-order valence-corrected chi connectivity index (χ0v) is 17.4. The molecule has 1 unspecified atom stereocenters. The van der Waals surface area contributed by atoms with Crippen LogP contribution in [0.4, 0.5) is 4.39 Å². The first-order valence-corrected chi connectivity index (χ1v) is 10.6. The molecule has 3 rings (SSSR count). The molecule has 1 aromatic heterocycles. The van der Waals surface area contributed by atoms with E-state index in [0.717, 1.165) is 23.5 Å². The van der Waals surface area contributed by atoms with Crippen molar-refractivity contribution in [3.05, 3.63) is 50.7 Å². The molecule has 2 aromatic rings. The van der Waals surface area contributed by atoms with Gasteiger partial charge in [-0.1, -0.05) is 25.4 Å². The third kappa shape index (κ3) is 4.89. The van der Waals surface area contributed by atoms with Gasteiger partial charge in [-0.15, -0.1) is 11.3 Å². The highest BCUT2D eigenvalue weighted by Gasteiger charge is 2.28. The second-order valence-corrected chi connectivity index (χ2v) is 8.56. The molecule has 1 fully saturated rings. The lowest BCUT2D eigenvalue weighted by atomic mass is 9.98. The Kier molecular flexibility index (Phi) is 6.67. The maximum absolute atomic E-state index is 13.5. The van der Waals surface area contributed by atoms with Crippen LogP contribution in [0.15, 0.2) is 23.6 Å². The van der Waals surface area contributed by atoms with Crippen molar-refractivity contribution in [1.82, 2.24) is 15.2 Å². The molecule has 28 heavy (non-hydrogen) atoms. The van der Waals surface area contributed by atoms with Gasteiger partial charge in [0.1, 0.15) is 5.82 Å². The van der Waals surface area contributed by atoms with Crippen molar-refractivity contribution in [2.24, 2.45) is 5.92 Å². The summed E-state index contributed by atoms with van der Waals surface area (Å²) in [5.74, 6) is -0.671. The van der Waals surface area contributed by atoms with Gasteiger partial charge in [-0.2, -0.15) is 0 Å². The third-order valence-electron chi connectivity index (χ3n) is 4.75. The van der Waals surface area contributed by atoms with Crippen LogP contribution in [-0.4, -0.2) is 34.8 Å². The van der Waals surface area contributed by atoms with E-state index >= 15 is 0 Å². The molecule has 8 heteroatoms. The number of piperidine rings is 1. The smallest absolute Gasteiger partial charge is 0.255 e. The van der Waals surface area contributed by atoms with Crippen molar-refractivity contribution >= 4 is 34.8 Å². The Morgan fingerprint density at radius 3 is 2.96 bits per heavy atom. The zero-order valence-electron chi connectivity index (χ0n) is 15.9. The number of amides is 2. The van der Waals surface area contributed by atoms with Crippen LogP contribution >= 0.6 is 22.9 Å². The van der Waals surface area contributed by atoms with Gasteiger partial charge in [0, 0.05) is 30.3 Å². The first kappa shape index (κ1) is 20.7. The zero-order chi connectivity index (χ0) is 20.3. The van der Waals surface area contributed by atoms with E-state index in [9.17, 15) is 14.0 Å². The van der Waals surface area contributed by atoms with Gasteiger partial charge in [-0.25, -0.2) is 9.37 Å². The summed E-state index contributed by atoms with van der Waals surface area (Å²) in [5.41, 5.74) is 1.02. The van der Waals surface area contributed by atoms with Crippen LogP contribution in [-0.2, 0) is 11.3 Å². The summed E-state index contributed by atoms with van der Waals surface area (Å²) in [6.45, 7) is 5.24. The minimum Gasteiger partial charge on any atom is -0.350 e. The molecular formula is C20H23ClFN3O2S. The lowest BCUT2D eigenvalue weighted by Crippen LogP contribution is -2.39. The molecule has 2 amide bonds. The molecule has 1 atom stereocenters. The van der Waals surface area contributed by atoms with Gasteiger partial charge in [0.25, 0.3) is 5.91 Å². The van der Waals surface area contributed by atoms with Crippen LogP contribution in [0.1, 0.15) is 53.7 Å². The molecule has 0 spiro atoms. The van der Waals surface area contributed by atoms with E-state index < -0.39 is 5.82 Å². The summed E-state index contributed by atoms with van der Waals surface area (Å²) < 4.78 is 13.5. The predicted octanol–water partition coefficient (Wildman–Crippen LogP) is 4.23. The maximum Gasteiger partial charge on any atom is 0.255 e. The van der Waals surface area contributed by atoms with Crippen LogP contribution in [0.5, 0.6) is 0 Å². The van der Waals surface area contributed by atoms with Gasteiger partial charge >= 0.3 is 0 Å². The Balaban J connectivity index is 1.66. The Labute approximate surface area is 172 Å². The Bertz CT molecular complexity index is 871. The van der Waals surface area contributed by atoms with E-state index in [-0.39, 0.29) is 34.2 Å². The number of hydrogen-bond acceptors (Lipinski definition) is 4. The number of nitrogens with zero attached hydrogens (tertiary/aromatic N) is 2. The minimum atomic E-state index is -0.477. The van der Waals surface area contributed by atoms with Crippen molar-refractivity contribution < 1.29 is 14.0 Å². The van der Waals surface area contributed by atoms with E-state index in [1.165, 1.54) is 18.2 Å². The fraction of sp³-hybridized carbons (Fsp3) is 0.450. The topological polar surface area (TPSA) is 62.3 Å². The number of carbonyl (C=O) groups excluding carboxylic acids is 2. The number of carbonyl (C=O) groups is 2. The van der Waals surface area contributed by atoms with E-state index in [4.69, 9.17) is 11.6 Å². The third-order valence-corrected chi connectivity index (χ3v) is 6.14. The van der Waals surface area contributed by atoms with Crippen molar-refractivity contribution in [3.8, 4) is 0 Å². The molecular weight excluding hydrogens is 401 g/mol. The van der Waals surface area contributed by atoms with Crippen molar-refractivity contribution in [2.45, 2.75) is 39.2 Å². The van der Waals surface area contributed by atoms with Crippen molar-refractivity contribution in [3.63, 3.8) is 0 Å². The molecule has 1 saturated heterocycles. The van der Waals surface area contributed by atoms with E-state index in [2.05, 4.69) is 10.3 Å². The van der Waals surface area contributed by atoms with Gasteiger partial charge in [-0.3, -0.25) is 9.59 Å². The van der Waals surface area contributed by atoms with E-state index in [1.54, 1.807) is 16.2 Å². The maximum atomic E-state index is 13.5. The Hall–Kier alpha value is -1.99. The molecule has 1 aliphatic heterocycles. The molecule has 150 valence electrons. The van der Waals surface area contributed by atoms with Gasteiger partial charge < -0.3 is 10.2 Å². The molecule has 1 N–H and O–H groups in total. The largest absolute Gasteiger partial charge is 0.350 e. The first-order chi connectivity index (χ1) is 13.3. The molecule has 1 aromatic carbocycles. The summed E-state index contributed by atoms with van der Waals surface area (Å²) in [6, 6.07) is 3.84. The summed E-state index contributed by atoms with van der Waals surface area (Å²) in [4.78, 5) is 30.9. The quantitative estimate of drug-likeness (QED) is 0.782.